The smallest absolute Gasteiger partial charge is 0.0698 e. The molecule has 0 aliphatic carbocycles. The standard InChI is InChI=1S/C10H19N3O2/c14-8-10-15-9-5-11-3-1-6-13-7-2-4-12-13/h2,4,7,11,14H,1,3,5-6,8-10H2. The molecule has 5 heteroatoms. The number of aryl methyl sites for hydroxylation is 1. The first-order valence-corrected chi connectivity index (χ1v) is 5.30. The Hall–Kier alpha value is -0.910. The second-order valence-corrected chi connectivity index (χ2v) is 3.21. The summed E-state index contributed by atoms with van der Waals surface area (Å²) in [7, 11) is 0. The van der Waals surface area contributed by atoms with E-state index in [1.165, 1.54) is 0 Å². The van der Waals surface area contributed by atoms with E-state index in [1.54, 1.807) is 6.20 Å². The SMILES string of the molecule is OCCOCCNCCCn1cccn1. The van der Waals surface area contributed by atoms with Crippen LogP contribution in [0.25, 0.3) is 0 Å². The molecular formula is C10H19N3O2. The van der Waals surface area contributed by atoms with Gasteiger partial charge in [-0.1, -0.05) is 0 Å². The first-order chi connectivity index (χ1) is 7.43. The predicted molar refractivity (Wildman–Crippen MR) is 57.6 cm³/mol. The molecule has 2 N–H and O–H groups in total. The van der Waals surface area contributed by atoms with Crippen LogP contribution in [-0.4, -0.2) is 47.8 Å². The lowest BCUT2D eigenvalue weighted by Gasteiger charge is -2.05. The molecule has 0 fully saturated rings. The molecule has 0 atom stereocenters. The van der Waals surface area contributed by atoms with E-state index in [4.69, 9.17) is 9.84 Å². The Morgan fingerprint density at radius 1 is 1.33 bits per heavy atom. The lowest BCUT2D eigenvalue weighted by atomic mass is 10.4. The van der Waals surface area contributed by atoms with Crippen molar-refractivity contribution in [2.45, 2.75) is 13.0 Å². The van der Waals surface area contributed by atoms with E-state index in [-0.39, 0.29) is 6.61 Å². The van der Waals surface area contributed by atoms with Crippen LogP contribution in [0.15, 0.2) is 18.5 Å². The zero-order chi connectivity index (χ0) is 10.8. The van der Waals surface area contributed by atoms with Crippen LogP contribution < -0.4 is 5.32 Å². The van der Waals surface area contributed by atoms with Gasteiger partial charge in [0.2, 0.25) is 0 Å². The highest BCUT2D eigenvalue weighted by Crippen LogP contribution is 1.87. The van der Waals surface area contributed by atoms with Crippen molar-refractivity contribution in [1.29, 1.82) is 0 Å². The Labute approximate surface area is 90.1 Å². The molecule has 0 radical (unpaired) electrons. The van der Waals surface area contributed by atoms with Crippen LogP contribution >= 0.6 is 0 Å². The summed E-state index contributed by atoms with van der Waals surface area (Å²) >= 11 is 0. The van der Waals surface area contributed by atoms with E-state index < -0.39 is 0 Å². The van der Waals surface area contributed by atoms with E-state index in [2.05, 4.69) is 10.4 Å². The number of aromatic nitrogens is 2. The minimum Gasteiger partial charge on any atom is -0.394 e. The molecule has 86 valence electrons. The van der Waals surface area contributed by atoms with Gasteiger partial charge in [-0.25, -0.2) is 0 Å². The first kappa shape index (κ1) is 12.2. The third kappa shape index (κ3) is 6.22. The van der Waals surface area contributed by atoms with Crippen LogP contribution in [-0.2, 0) is 11.3 Å². The molecular weight excluding hydrogens is 194 g/mol. The zero-order valence-electron chi connectivity index (χ0n) is 8.93. The highest BCUT2D eigenvalue weighted by Gasteiger charge is 1.91. The number of ether oxygens (including phenoxy) is 1. The van der Waals surface area contributed by atoms with Gasteiger partial charge < -0.3 is 15.2 Å². The maximum absolute atomic E-state index is 8.46. The summed E-state index contributed by atoms with van der Waals surface area (Å²) in [5.74, 6) is 0. The van der Waals surface area contributed by atoms with Gasteiger partial charge in [0.25, 0.3) is 0 Å². The Morgan fingerprint density at radius 2 is 2.27 bits per heavy atom. The Bertz CT molecular complexity index is 227. The van der Waals surface area contributed by atoms with E-state index in [1.807, 2.05) is 16.9 Å². The molecule has 0 saturated carbocycles. The van der Waals surface area contributed by atoms with Gasteiger partial charge in [0, 0.05) is 25.5 Å². The number of aliphatic hydroxyl groups is 1. The normalized spacial score (nSPS) is 10.7. The van der Waals surface area contributed by atoms with Crippen LogP contribution in [0.2, 0.25) is 0 Å². The van der Waals surface area contributed by atoms with Gasteiger partial charge >= 0.3 is 0 Å². The van der Waals surface area contributed by atoms with Gasteiger partial charge in [-0.3, -0.25) is 4.68 Å². The van der Waals surface area contributed by atoms with Crippen LogP contribution in [0.5, 0.6) is 0 Å². The first-order valence-electron chi connectivity index (χ1n) is 5.30. The second-order valence-electron chi connectivity index (χ2n) is 3.21. The fourth-order valence-electron chi connectivity index (χ4n) is 1.23. The molecule has 1 aromatic heterocycles. The average Bonchev–Trinajstić information content (AvgIpc) is 2.75. The maximum atomic E-state index is 8.46. The number of hydrogen-bond donors (Lipinski definition) is 2. The monoisotopic (exact) mass is 213 g/mol. The Balaban J connectivity index is 1.81. The van der Waals surface area contributed by atoms with Gasteiger partial charge in [-0.05, 0) is 19.0 Å². The lowest BCUT2D eigenvalue weighted by molar-refractivity contribution is 0.0939. The third-order valence-corrected chi connectivity index (χ3v) is 1.96. The quantitative estimate of drug-likeness (QED) is 0.561. The fraction of sp³-hybridized carbons (Fsp3) is 0.700. The van der Waals surface area contributed by atoms with Crippen molar-refractivity contribution in [1.82, 2.24) is 15.1 Å². The summed E-state index contributed by atoms with van der Waals surface area (Å²) < 4.78 is 7.03. The molecule has 0 aromatic carbocycles. The number of nitrogens with zero attached hydrogens (tertiary/aromatic N) is 2. The molecule has 15 heavy (non-hydrogen) atoms. The second kappa shape index (κ2) is 8.40. The molecule has 0 spiro atoms. The average molecular weight is 213 g/mol. The summed E-state index contributed by atoms with van der Waals surface area (Å²) in [5.41, 5.74) is 0. The van der Waals surface area contributed by atoms with E-state index in [9.17, 15) is 0 Å². The molecule has 1 aromatic rings. The Kier molecular flexibility index (Phi) is 6.81. The van der Waals surface area contributed by atoms with Gasteiger partial charge in [0.15, 0.2) is 0 Å². The number of nitrogens with one attached hydrogen (secondary N) is 1. The largest absolute Gasteiger partial charge is 0.394 e. The third-order valence-electron chi connectivity index (χ3n) is 1.96. The molecule has 1 rings (SSSR count). The lowest BCUT2D eigenvalue weighted by Crippen LogP contribution is -2.22. The van der Waals surface area contributed by atoms with Crippen molar-refractivity contribution in [2.75, 3.05) is 32.9 Å². The van der Waals surface area contributed by atoms with E-state index in [0.717, 1.165) is 26.1 Å². The van der Waals surface area contributed by atoms with Gasteiger partial charge in [-0.15, -0.1) is 0 Å². The number of aliphatic hydroxyl groups excluding tert-OH is 1. The molecule has 0 unspecified atom stereocenters. The van der Waals surface area contributed by atoms with Crippen LogP contribution in [0.4, 0.5) is 0 Å². The van der Waals surface area contributed by atoms with Crippen molar-refractivity contribution in [3.05, 3.63) is 18.5 Å². The molecule has 5 nitrogen and oxygen atoms in total. The minimum atomic E-state index is 0.0965. The van der Waals surface area contributed by atoms with Crippen molar-refractivity contribution in [3.8, 4) is 0 Å². The topological polar surface area (TPSA) is 59.3 Å². The van der Waals surface area contributed by atoms with Crippen LogP contribution in [0.3, 0.4) is 0 Å². The predicted octanol–water partition coefficient (Wildman–Crippen LogP) is -0.128. The van der Waals surface area contributed by atoms with Crippen LogP contribution in [0, 0.1) is 0 Å². The molecule has 0 amide bonds. The van der Waals surface area contributed by atoms with Crippen molar-refractivity contribution >= 4 is 0 Å². The van der Waals surface area contributed by atoms with Gasteiger partial charge in [-0.2, -0.15) is 5.10 Å². The maximum Gasteiger partial charge on any atom is 0.0698 e. The summed E-state index contributed by atoms with van der Waals surface area (Å²) in [4.78, 5) is 0. The van der Waals surface area contributed by atoms with Gasteiger partial charge in [0.1, 0.15) is 0 Å². The van der Waals surface area contributed by atoms with Crippen molar-refractivity contribution in [2.24, 2.45) is 0 Å². The summed E-state index contributed by atoms with van der Waals surface area (Å²) in [6, 6.07) is 1.93. The zero-order valence-corrected chi connectivity index (χ0v) is 8.93. The van der Waals surface area contributed by atoms with E-state index in [0.29, 0.717) is 13.2 Å². The highest BCUT2D eigenvalue weighted by molar-refractivity contribution is 4.77. The van der Waals surface area contributed by atoms with Crippen molar-refractivity contribution in [3.63, 3.8) is 0 Å². The molecule has 0 aliphatic heterocycles. The highest BCUT2D eigenvalue weighted by atomic mass is 16.5. The summed E-state index contributed by atoms with van der Waals surface area (Å²) in [6.45, 7) is 3.91. The molecule has 1 heterocycles. The van der Waals surface area contributed by atoms with Gasteiger partial charge in [0.05, 0.1) is 19.8 Å². The summed E-state index contributed by atoms with van der Waals surface area (Å²) in [6.07, 6.45) is 4.81. The minimum absolute atomic E-state index is 0.0965. The molecule has 0 saturated heterocycles. The molecule has 0 bridgehead atoms. The van der Waals surface area contributed by atoms with Crippen molar-refractivity contribution < 1.29 is 9.84 Å². The number of rotatable bonds is 9. The Morgan fingerprint density at radius 3 is 3.00 bits per heavy atom. The van der Waals surface area contributed by atoms with Crippen LogP contribution in [0.1, 0.15) is 6.42 Å². The summed E-state index contributed by atoms with van der Waals surface area (Å²) in [5, 5.41) is 15.8. The fourth-order valence-corrected chi connectivity index (χ4v) is 1.23. The molecule has 0 aliphatic rings. The van der Waals surface area contributed by atoms with E-state index >= 15 is 0 Å². The number of hydrogen-bond acceptors (Lipinski definition) is 4.